The Bertz CT molecular complexity index is 1260. The third kappa shape index (κ3) is 3.17. The van der Waals surface area contributed by atoms with Crippen LogP contribution in [0, 0.1) is 0 Å². The Morgan fingerprint density at radius 3 is 2.97 bits per heavy atom. The quantitative estimate of drug-likeness (QED) is 0.512. The van der Waals surface area contributed by atoms with E-state index in [0.717, 1.165) is 33.7 Å². The molecule has 1 amide bonds. The van der Waals surface area contributed by atoms with Gasteiger partial charge >= 0.3 is 5.91 Å². The fourth-order valence-corrected chi connectivity index (χ4v) is 3.68. The Morgan fingerprint density at radius 1 is 1.20 bits per heavy atom. The summed E-state index contributed by atoms with van der Waals surface area (Å²) >= 11 is 0. The second-order valence-electron chi connectivity index (χ2n) is 6.97. The van der Waals surface area contributed by atoms with Crippen molar-refractivity contribution in [2.24, 2.45) is 0 Å². The number of nitrogens with one attached hydrogen (secondary N) is 2. The van der Waals surface area contributed by atoms with E-state index in [1.54, 1.807) is 30.3 Å². The van der Waals surface area contributed by atoms with Gasteiger partial charge in [0.1, 0.15) is 30.2 Å². The van der Waals surface area contributed by atoms with E-state index in [0.29, 0.717) is 31.0 Å². The number of carbonyl (C=O) groups is 1. The van der Waals surface area contributed by atoms with E-state index in [1.165, 1.54) is 0 Å². The molecular formula is C22H20N5O3+. The highest BCUT2D eigenvalue weighted by Gasteiger charge is 2.31. The van der Waals surface area contributed by atoms with Crippen LogP contribution >= 0.6 is 0 Å². The van der Waals surface area contributed by atoms with Gasteiger partial charge in [0.2, 0.25) is 5.71 Å². The molecule has 1 aliphatic heterocycles. The first kappa shape index (κ1) is 18.3. The standard InChI is InChI=1S/C22H19N5O3/c1-29-16-4-2-3-14(9-16)20-13-30-8-7-27(20)22(28)18-12-23-21-17(18)5-6-19(26-21)15-10-24-25-11-15/h2-6,9-12H,7-8,13H2,1H3,(H-,23,24,25,26,28)/p+1. The molecule has 0 saturated carbocycles. The highest BCUT2D eigenvalue weighted by molar-refractivity contribution is 6.07. The van der Waals surface area contributed by atoms with Gasteiger partial charge < -0.3 is 14.5 Å². The maximum atomic E-state index is 13.5. The highest BCUT2D eigenvalue weighted by atomic mass is 16.5. The fourth-order valence-electron chi connectivity index (χ4n) is 3.68. The van der Waals surface area contributed by atoms with E-state index in [2.05, 4.69) is 20.2 Å². The molecule has 0 atom stereocenters. The number of hydrogen-bond donors (Lipinski definition) is 2. The lowest BCUT2D eigenvalue weighted by molar-refractivity contribution is -0.443. The fraction of sp³-hybridized carbons (Fsp3) is 0.182. The SMILES string of the molecule is COc1cccc(C2=[N+](C(=O)c3c[nH]c4nc(-c5cn[nH]c5)ccc34)CCOC2)c1. The molecule has 5 rings (SSSR count). The van der Waals surface area contributed by atoms with E-state index in [9.17, 15) is 4.79 Å². The molecule has 0 unspecified atom stereocenters. The Labute approximate surface area is 172 Å². The van der Waals surface area contributed by atoms with E-state index >= 15 is 0 Å². The third-order valence-corrected chi connectivity index (χ3v) is 5.23. The Kier molecular flexibility index (Phi) is 4.61. The van der Waals surface area contributed by atoms with Crippen LogP contribution in [0.5, 0.6) is 5.75 Å². The molecule has 8 nitrogen and oxygen atoms in total. The molecule has 0 bridgehead atoms. The number of amides is 1. The molecule has 30 heavy (non-hydrogen) atoms. The second kappa shape index (κ2) is 7.57. The molecule has 0 fully saturated rings. The number of rotatable bonds is 4. The van der Waals surface area contributed by atoms with Crippen LogP contribution in [0.3, 0.4) is 0 Å². The van der Waals surface area contributed by atoms with Gasteiger partial charge in [0, 0.05) is 28.9 Å². The number of aromatic amines is 2. The molecule has 1 aromatic carbocycles. The van der Waals surface area contributed by atoms with Crippen LogP contribution in [-0.2, 0) is 4.74 Å². The maximum Gasteiger partial charge on any atom is 0.422 e. The largest absolute Gasteiger partial charge is 0.497 e. The van der Waals surface area contributed by atoms with Crippen LogP contribution in [0.15, 0.2) is 55.0 Å². The summed E-state index contributed by atoms with van der Waals surface area (Å²) in [6, 6.07) is 11.5. The summed E-state index contributed by atoms with van der Waals surface area (Å²) in [5.74, 6) is 0.654. The molecule has 0 saturated heterocycles. The van der Waals surface area contributed by atoms with E-state index in [1.807, 2.05) is 36.4 Å². The van der Waals surface area contributed by atoms with Crippen molar-refractivity contribution in [3.63, 3.8) is 0 Å². The zero-order valence-corrected chi connectivity index (χ0v) is 16.4. The van der Waals surface area contributed by atoms with Crippen LogP contribution in [0.25, 0.3) is 22.3 Å². The molecule has 8 heteroatoms. The minimum Gasteiger partial charge on any atom is -0.497 e. The van der Waals surface area contributed by atoms with Crippen LogP contribution in [-0.4, -0.2) is 63.2 Å². The molecule has 0 spiro atoms. The number of benzene rings is 1. The van der Waals surface area contributed by atoms with Crippen LogP contribution in [0.2, 0.25) is 0 Å². The van der Waals surface area contributed by atoms with Gasteiger partial charge in [-0.15, -0.1) is 0 Å². The van der Waals surface area contributed by atoms with Crippen molar-refractivity contribution in [1.82, 2.24) is 20.2 Å². The molecule has 1 aliphatic rings. The molecule has 4 aromatic rings. The lowest BCUT2D eigenvalue weighted by Gasteiger charge is -2.14. The lowest BCUT2D eigenvalue weighted by atomic mass is 10.1. The Morgan fingerprint density at radius 2 is 2.13 bits per heavy atom. The number of ether oxygens (including phenoxy) is 2. The van der Waals surface area contributed by atoms with Crippen molar-refractivity contribution >= 4 is 22.7 Å². The van der Waals surface area contributed by atoms with E-state index in [4.69, 9.17) is 9.47 Å². The summed E-state index contributed by atoms with van der Waals surface area (Å²) in [6.07, 6.45) is 5.22. The average Bonchev–Trinajstić information content (AvgIpc) is 3.48. The number of methoxy groups -OCH3 is 1. The van der Waals surface area contributed by atoms with E-state index in [-0.39, 0.29) is 5.91 Å². The van der Waals surface area contributed by atoms with Crippen molar-refractivity contribution < 1.29 is 18.8 Å². The van der Waals surface area contributed by atoms with Gasteiger partial charge in [-0.3, -0.25) is 5.10 Å². The number of hydrogen-bond acceptors (Lipinski definition) is 5. The average molecular weight is 402 g/mol. The number of pyridine rings is 1. The summed E-state index contributed by atoms with van der Waals surface area (Å²) < 4.78 is 12.8. The number of nitrogens with zero attached hydrogens (tertiary/aromatic N) is 3. The van der Waals surface area contributed by atoms with Gasteiger partial charge in [0.25, 0.3) is 0 Å². The van der Waals surface area contributed by atoms with Gasteiger partial charge in [-0.2, -0.15) is 9.67 Å². The number of H-pyrrole nitrogens is 2. The number of aromatic nitrogens is 4. The first-order valence-corrected chi connectivity index (χ1v) is 9.62. The predicted molar refractivity (Wildman–Crippen MR) is 111 cm³/mol. The third-order valence-electron chi connectivity index (χ3n) is 5.23. The van der Waals surface area contributed by atoms with Gasteiger partial charge in [-0.1, -0.05) is 6.07 Å². The molecule has 4 heterocycles. The second-order valence-corrected chi connectivity index (χ2v) is 6.97. The lowest BCUT2D eigenvalue weighted by Crippen LogP contribution is -2.38. The minimum absolute atomic E-state index is 0.0831. The van der Waals surface area contributed by atoms with Crippen LogP contribution in [0.1, 0.15) is 15.9 Å². The molecule has 3 aromatic heterocycles. The van der Waals surface area contributed by atoms with E-state index < -0.39 is 0 Å². The monoisotopic (exact) mass is 402 g/mol. The van der Waals surface area contributed by atoms with Crippen molar-refractivity contribution in [2.75, 3.05) is 26.9 Å². The first-order chi connectivity index (χ1) is 14.7. The summed E-state index contributed by atoms with van der Waals surface area (Å²) in [5, 5.41) is 7.53. The first-order valence-electron chi connectivity index (χ1n) is 9.62. The van der Waals surface area contributed by atoms with Gasteiger partial charge in [-0.25, -0.2) is 9.78 Å². The molecule has 2 N–H and O–H groups in total. The zero-order chi connectivity index (χ0) is 20.5. The molecule has 0 radical (unpaired) electrons. The maximum absolute atomic E-state index is 13.5. The molecule has 150 valence electrons. The van der Waals surface area contributed by atoms with Crippen molar-refractivity contribution in [3.8, 4) is 17.0 Å². The minimum atomic E-state index is -0.0831. The summed E-state index contributed by atoms with van der Waals surface area (Å²) in [5.41, 5.74) is 4.64. The Hall–Kier alpha value is -3.78. The van der Waals surface area contributed by atoms with Gasteiger partial charge in [0.15, 0.2) is 6.54 Å². The summed E-state index contributed by atoms with van der Waals surface area (Å²) in [7, 11) is 1.63. The van der Waals surface area contributed by atoms with Gasteiger partial charge in [-0.05, 0) is 30.3 Å². The molecule has 0 aliphatic carbocycles. The van der Waals surface area contributed by atoms with Gasteiger partial charge in [0.05, 0.1) is 19.0 Å². The summed E-state index contributed by atoms with van der Waals surface area (Å²) in [6.45, 7) is 1.34. The summed E-state index contributed by atoms with van der Waals surface area (Å²) in [4.78, 5) is 21.2. The Balaban J connectivity index is 1.56. The highest BCUT2D eigenvalue weighted by Crippen LogP contribution is 2.23. The van der Waals surface area contributed by atoms with Crippen LogP contribution in [0.4, 0.5) is 0 Å². The smallest absolute Gasteiger partial charge is 0.422 e. The van der Waals surface area contributed by atoms with Crippen LogP contribution < -0.4 is 4.74 Å². The number of carbonyl (C=O) groups excluding carboxylic acids is 1. The van der Waals surface area contributed by atoms with Crippen molar-refractivity contribution in [2.45, 2.75) is 0 Å². The zero-order valence-electron chi connectivity index (χ0n) is 16.4. The topological polar surface area (TPSA) is 95.9 Å². The molecular weight excluding hydrogens is 382 g/mol. The normalized spacial score (nSPS) is 14.3. The van der Waals surface area contributed by atoms with Crippen molar-refractivity contribution in [1.29, 1.82) is 0 Å². The predicted octanol–water partition coefficient (Wildman–Crippen LogP) is 2.63. The van der Waals surface area contributed by atoms with Crippen molar-refractivity contribution in [3.05, 3.63) is 66.1 Å². The number of fused-ring (bicyclic) bond motifs is 1.